The van der Waals surface area contributed by atoms with Gasteiger partial charge in [0.15, 0.2) is 0 Å². The highest BCUT2D eigenvalue weighted by Crippen LogP contribution is 2.42. The molecule has 2 heterocycles. The van der Waals surface area contributed by atoms with Crippen LogP contribution in [0.3, 0.4) is 0 Å². The first-order valence-corrected chi connectivity index (χ1v) is 12.1. The highest BCUT2D eigenvalue weighted by Gasteiger charge is 2.35. The highest BCUT2D eigenvalue weighted by molar-refractivity contribution is 5.97. The molecule has 0 spiro atoms. The molecule has 1 saturated heterocycles. The molecule has 7 nitrogen and oxygen atoms in total. The molecule has 2 aromatic carbocycles. The van der Waals surface area contributed by atoms with Gasteiger partial charge in [-0.15, -0.1) is 0 Å². The summed E-state index contributed by atoms with van der Waals surface area (Å²) in [5.41, 5.74) is 4.66. The minimum absolute atomic E-state index is 0.0609. The van der Waals surface area contributed by atoms with Crippen LogP contribution < -0.4 is 9.75 Å². The zero-order chi connectivity index (χ0) is 23.8. The number of methoxy groups -OCH3 is 1. The van der Waals surface area contributed by atoms with Gasteiger partial charge in [-0.3, -0.25) is 0 Å². The van der Waals surface area contributed by atoms with Crippen LogP contribution in [-0.2, 0) is 4.74 Å². The lowest BCUT2D eigenvalue weighted by Crippen LogP contribution is -2.49. The zero-order valence-electron chi connectivity index (χ0n) is 20.1. The Balaban J connectivity index is 1.49. The molecule has 7 heteroatoms. The number of benzene rings is 2. The van der Waals surface area contributed by atoms with Gasteiger partial charge in [-0.25, -0.2) is 9.80 Å². The molecule has 0 amide bonds. The van der Waals surface area contributed by atoms with Crippen molar-refractivity contribution < 1.29 is 19.4 Å². The number of nitrogens with one attached hydrogen (secondary N) is 1. The minimum atomic E-state index is -0.908. The Labute approximate surface area is 200 Å². The average molecular weight is 464 g/mol. The summed E-state index contributed by atoms with van der Waals surface area (Å²) in [4.78, 5) is 14.8. The number of hydrazine groups is 1. The lowest BCUT2D eigenvalue weighted by atomic mass is 9.93. The Bertz CT molecular complexity index is 1170. The normalized spacial score (nSPS) is 21.0. The molecule has 5 rings (SSSR count). The van der Waals surface area contributed by atoms with Gasteiger partial charge in [0.2, 0.25) is 0 Å². The molecule has 0 radical (unpaired) electrons. The number of aromatic carboxylic acids is 1. The van der Waals surface area contributed by atoms with Gasteiger partial charge >= 0.3 is 5.97 Å². The van der Waals surface area contributed by atoms with Crippen LogP contribution in [0.4, 0.5) is 5.69 Å². The van der Waals surface area contributed by atoms with Gasteiger partial charge in [-0.2, -0.15) is 0 Å². The number of aryl methyl sites for hydroxylation is 1. The summed E-state index contributed by atoms with van der Waals surface area (Å²) in [6.45, 7) is 3.77. The van der Waals surface area contributed by atoms with Crippen LogP contribution >= 0.6 is 0 Å². The van der Waals surface area contributed by atoms with Crippen molar-refractivity contribution in [2.45, 2.75) is 44.8 Å². The molecule has 2 atom stereocenters. The van der Waals surface area contributed by atoms with E-state index in [1.807, 2.05) is 18.3 Å². The van der Waals surface area contributed by atoms with Crippen molar-refractivity contribution in [1.29, 1.82) is 0 Å². The number of aromatic nitrogens is 1. The molecule has 1 saturated carbocycles. The summed E-state index contributed by atoms with van der Waals surface area (Å²) in [5.74, 6) is 0.654. The number of ether oxygens (including phenoxy) is 2. The van der Waals surface area contributed by atoms with Crippen LogP contribution in [0.2, 0.25) is 0 Å². The first-order valence-electron chi connectivity index (χ1n) is 12.1. The molecule has 2 N–H and O–H groups in total. The Morgan fingerprint density at radius 2 is 1.97 bits per heavy atom. The van der Waals surface area contributed by atoms with Crippen LogP contribution in [0.15, 0.2) is 42.6 Å². The molecule has 1 aromatic heterocycles. The Kier molecular flexibility index (Phi) is 6.23. The lowest BCUT2D eigenvalue weighted by molar-refractivity contribution is -0.0224. The van der Waals surface area contributed by atoms with Crippen molar-refractivity contribution in [2.24, 2.45) is 5.92 Å². The molecule has 180 valence electrons. The zero-order valence-corrected chi connectivity index (χ0v) is 20.1. The van der Waals surface area contributed by atoms with Gasteiger partial charge in [-0.1, -0.05) is 12.1 Å². The van der Waals surface area contributed by atoms with Crippen molar-refractivity contribution in [1.82, 2.24) is 9.99 Å². The number of piperidine rings is 1. The minimum Gasteiger partial charge on any atom is -0.494 e. The van der Waals surface area contributed by atoms with Crippen molar-refractivity contribution in [2.75, 3.05) is 32.3 Å². The fourth-order valence-electron chi connectivity index (χ4n) is 5.12. The maximum absolute atomic E-state index is 11.4. The molecule has 2 aliphatic rings. The van der Waals surface area contributed by atoms with Gasteiger partial charge in [0.25, 0.3) is 0 Å². The van der Waals surface area contributed by atoms with Crippen molar-refractivity contribution in [3.05, 3.63) is 59.3 Å². The average Bonchev–Trinajstić information content (AvgIpc) is 3.55. The predicted octanol–water partition coefficient (Wildman–Crippen LogP) is 5.17. The fraction of sp³-hybridized carbons (Fsp3) is 0.444. The number of fused-ring (bicyclic) bond motifs is 1. The summed E-state index contributed by atoms with van der Waals surface area (Å²) in [6.07, 6.45) is 6.53. The molecular weight excluding hydrogens is 430 g/mol. The molecule has 1 aliphatic carbocycles. The third-order valence-corrected chi connectivity index (χ3v) is 7.24. The van der Waals surface area contributed by atoms with E-state index in [0.717, 1.165) is 65.4 Å². The quantitative estimate of drug-likeness (QED) is 0.480. The monoisotopic (exact) mass is 463 g/mol. The Morgan fingerprint density at radius 1 is 1.21 bits per heavy atom. The molecule has 2 fully saturated rings. The number of hydrogen-bond acceptors (Lipinski definition) is 5. The van der Waals surface area contributed by atoms with E-state index >= 15 is 0 Å². The number of carboxylic acids is 1. The van der Waals surface area contributed by atoms with Crippen LogP contribution in [0, 0.1) is 12.8 Å². The number of aromatic amines is 1. The van der Waals surface area contributed by atoms with Gasteiger partial charge in [-0.05, 0) is 73.9 Å². The maximum atomic E-state index is 11.4. The Morgan fingerprint density at radius 3 is 2.65 bits per heavy atom. The Hall–Kier alpha value is -3.03. The lowest BCUT2D eigenvalue weighted by Gasteiger charge is -2.45. The summed E-state index contributed by atoms with van der Waals surface area (Å²) < 4.78 is 12.1. The van der Waals surface area contributed by atoms with Gasteiger partial charge < -0.3 is 24.6 Å². The third kappa shape index (κ3) is 4.38. The molecule has 1 aliphatic heterocycles. The molecule has 34 heavy (non-hydrogen) atoms. The topological polar surface area (TPSA) is 78.0 Å². The third-order valence-electron chi connectivity index (χ3n) is 7.24. The van der Waals surface area contributed by atoms with E-state index in [9.17, 15) is 9.90 Å². The van der Waals surface area contributed by atoms with E-state index in [1.54, 1.807) is 19.2 Å². The van der Waals surface area contributed by atoms with E-state index in [-0.39, 0.29) is 12.1 Å². The number of nitrogens with zero attached hydrogens (tertiary/aromatic N) is 2. The summed E-state index contributed by atoms with van der Waals surface area (Å²) in [6, 6.07) is 11.5. The number of rotatable bonds is 8. The highest BCUT2D eigenvalue weighted by atomic mass is 16.5. The molecule has 0 bridgehead atoms. The van der Waals surface area contributed by atoms with Crippen LogP contribution in [0.25, 0.3) is 10.9 Å². The first-order chi connectivity index (χ1) is 16.5. The van der Waals surface area contributed by atoms with Gasteiger partial charge in [0.05, 0.1) is 30.3 Å². The number of carbonyl (C=O) groups is 1. The summed E-state index contributed by atoms with van der Waals surface area (Å²) in [5, 5.41) is 15.0. The van der Waals surface area contributed by atoms with Gasteiger partial charge in [0, 0.05) is 31.8 Å². The standard InChI is InChI=1S/C27H33N3O4/c1-17-14-24(33-3)26(22-10-12-28-25(17)22)29(2)30-13-11-21(34-16-18-4-5-18)15-23(30)19-6-8-20(9-7-19)27(31)32/h6-10,12,14,18,21,23,28H,4-5,11,13,15-16H2,1-3H3,(H,31,32)/t21-,23-/m0/s1. The second kappa shape index (κ2) is 9.31. The molecule has 0 unspecified atom stereocenters. The number of H-pyrrole nitrogens is 1. The second-order valence-electron chi connectivity index (χ2n) is 9.56. The predicted molar refractivity (Wildman–Crippen MR) is 133 cm³/mol. The first kappa shape index (κ1) is 22.7. The fourth-order valence-corrected chi connectivity index (χ4v) is 5.12. The van der Waals surface area contributed by atoms with Gasteiger partial charge in [0.1, 0.15) is 11.4 Å². The molecule has 3 aromatic rings. The van der Waals surface area contributed by atoms with E-state index in [2.05, 4.69) is 41.1 Å². The van der Waals surface area contributed by atoms with Crippen LogP contribution in [-0.4, -0.2) is 54.5 Å². The SMILES string of the molecule is COc1cc(C)c2[nH]ccc2c1N(C)N1CC[C@H](OCC2CC2)C[C@H]1c1ccc(C(=O)O)cc1. The smallest absolute Gasteiger partial charge is 0.335 e. The second-order valence-corrected chi connectivity index (χ2v) is 9.56. The van der Waals surface area contributed by atoms with E-state index in [0.29, 0.717) is 5.56 Å². The summed E-state index contributed by atoms with van der Waals surface area (Å²) in [7, 11) is 3.80. The maximum Gasteiger partial charge on any atom is 0.335 e. The van der Waals surface area contributed by atoms with E-state index < -0.39 is 5.97 Å². The summed E-state index contributed by atoms with van der Waals surface area (Å²) >= 11 is 0. The van der Waals surface area contributed by atoms with Crippen molar-refractivity contribution >= 4 is 22.6 Å². The largest absolute Gasteiger partial charge is 0.494 e. The number of anilines is 1. The van der Waals surface area contributed by atoms with E-state index in [4.69, 9.17) is 9.47 Å². The number of hydrogen-bond donors (Lipinski definition) is 2. The van der Waals surface area contributed by atoms with Crippen LogP contribution in [0.1, 0.15) is 53.2 Å². The number of carboxylic acid groups (broad SMARTS) is 1. The molecular formula is C27H33N3O4. The van der Waals surface area contributed by atoms with Crippen LogP contribution in [0.5, 0.6) is 5.75 Å². The van der Waals surface area contributed by atoms with Crippen molar-refractivity contribution in [3.8, 4) is 5.75 Å². The van der Waals surface area contributed by atoms with Crippen molar-refractivity contribution in [3.63, 3.8) is 0 Å². The van der Waals surface area contributed by atoms with E-state index in [1.165, 1.54) is 12.8 Å².